The lowest BCUT2D eigenvalue weighted by atomic mass is 9.91. The van der Waals surface area contributed by atoms with E-state index in [-0.39, 0.29) is 42.4 Å². The summed E-state index contributed by atoms with van der Waals surface area (Å²) in [5.41, 5.74) is -1.16. The first-order valence-electron chi connectivity index (χ1n) is 8.71. The van der Waals surface area contributed by atoms with E-state index in [1.807, 2.05) is 0 Å². The fourth-order valence-corrected chi connectivity index (χ4v) is 2.95. The Labute approximate surface area is 184 Å². The van der Waals surface area contributed by atoms with Gasteiger partial charge in [-0.15, -0.1) is 24.8 Å². The van der Waals surface area contributed by atoms with Gasteiger partial charge in [-0.25, -0.2) is 4.98 Å². The summed E-state index contributed by atoms with van der Waals surface area (Å²) in [5, 5.41) is 5.97. The second-order valence-corrected chi connectivity index (χ2v) is 6.41. The van der Waals surface area contributed by atoms with Gasteiger partial charge in [-0.1, -0.05) is 0 Å². The average Bonchev–Trinajstić information content (AvgIpc) is 2.69. The summed E-state index contributed by atoms with van der Waals surface area (Å²) in [5.74, 6) is 0.182. The third-order valence-corrected chi connectivity index (χ3v) is 4.61. The largest absolute Gasteiger partial charge is 0.439 e. The Kier molecular flexibility index (Phi) is 9.35. The van der Waals surface area contributed by atoms with E-state index >= 15 is 0 Å². The number of hydrogen-bond acceptors (Lipinski definition) is 5. The second kappa shape index (κ2) is 10.8. The van der Waals surface area contributed by atoms with Crippen LogP contribution in [0.15, 0.2) is 42.6 Å². The number of piperidine rings is 1. The molecule has 3 rings (SSSR count). The molecule has 1 aromatic carbocycles. The van der Waals surface area contributed by atoms with Gasteiger partial charge in [-0.2, -0.15) is 13.2 Å². The lowest BCUT2D eigenvalue weighted by Gasteiger charge is -2.34. The Morgan fingerprint density at radius 1 is 1.10 bits per heavy atom. The number of nitrogens with one attached hydrogen (secondary N) is 2. The quantitative estimate of drug-likeness (QED) is 0.679. The molecule has 30 heavy (non-hydrogen) atoms. The van der Waals surface area contributed by atoms with Gasteiger partial charge in [0.05, 0.1) is 17.4 Å². The van der Waals surface area contributed by atoms with E-state index in [4.69, 9.17) is 9.47 Å². The van der Waals surface area contributed by atoms with E-state index in [9.17, 15) is 18.0 Å². The summed E-state index contributed by atoms with van der Waals surface area (Å²) in [4.78, 5) is 16.7. The van der Waals surface area contributed by atoms with Gasteiger partial charge in [0.1, 0.15) is 11.4 Å². The minimum Gasteiger partial charge on any atom is -0.439 e. The number of halogens is 5. The highest BCUT2D eigenvalue weighted by molar-refractivity contribution is 5.97. The molecule has 1 aliphatic heterocycles. The van der Waals surface area contributed by atoms with Crippen molar-refractivity contribution < 1.29 is 27.4 Å². The summed E-state index contributed by atoms with van der Waals surface area (Å²) >= 11 is 0. The molecular formula is C19H22Cl2F3N3O3. The van der Waals surface area contributed by atoms with Crippen LogP contribution in [0.4, 0.5) is 18.9 Å². The third-order valence-electron chi connectivity index (χ3n) is 4.61. The number of pyridine rings is 1. The number of rotatable bonds is 5. The summed E-state index contributed by atoms with van der Waals surface area (Å²) in [7, 11) is 1.52. The number of alkyl halides is 3. The fraction of sp³-hybridized carbons (Fsp3) is 0.368. The third kappa shape index (κ3) is 6.21. The van der Waals surface area contributed by atoms with Crippen LogP contribution < -0.4 is 15.4 Å². The average molecular weight is 468 g/mol. The molecule has 1 amide bonds. The maximum atomic E-state index is 12.6. The van der Waals surface area contributed by atoms with Crippen LogP contribution in [-0.4, -0.2) is 36.7 Å². The van der Waals surface area contributed by atoms with Gasteiger partial charge < -0.3 is 20.1 Å². The zero-order valence-corrected chi connectivity index (χ0v) is 17.6. The van der Waals surface area contributed by atoms with Gasteiger partial charge in [0, 0.05) is 13.2 Å². The van der Waals surface area contributed by atoms with E-state index in [2.05, 4.69) is 15.6 Å². The molecule has 0 unspecified atom stereocenters. The number of aromatic nitrogens is 1. The van der Waals surface area contributed by atoms with Crippen molar-refractivity contribution in [2.24, 2.45) is 0 Å². The molecule has 0 radical (unpaired) electrons. The molecule has 6 nitrogen and oxygen atoms in total. The highest BCUT2D eigenvalue weighted by Crippen LogP contribution is 2.31. The predicted octanol–water partition coefficient (Wildman–Crippen LogP) is 4.44. The highest BCUT2D eigenvalue weighted by atomic mass is 35.5. The normalized spacial score (nSPS) is 15.3. The van der Waals surface area contributed by atoms with Crippen LogP contribution in [0.2, 0.25) is 0 Å². The van der Waals surface area contributed by atoms with Crippen LogP contribution >= 0.6 is 24.8 Å². The predicted molar refractivity (Wildman–Crippen MR) is 111 cm³/mol. The van der Waals surface area contributed by atoms with Gasteiger partial charge in [-0.05, 0) is 56.3 Å². The number of nitrogens with zero attached hydrogens (tertiary/aromatic N) is 1. The molecule has 11 heteroatoms. The topological polar surface area (TPSA) is 72.5 Å². The van der Waals surface area contributed by atoms with Gasteiger partial charge in [0.25, 0.3) is 5.91 Å². The first-order valence-corrected chi connectivity index (χ1v) is 8.71. The molecule has 0 bridgehead atoms. The molecule has 2 heterocycles. The van der Waals surface area contributed by atoms with Crippen molar-refractivity contribution in [3.8, 4) is 11.6 Å². The fourth-order valence-electron chi connectivity index (χ4n) is 2.95. The van der Waals surface area contributed by atoms with Crippen LogP contribution in [0.3, 0.4) is 0 Å². The van der Waals surface area contributed by atoms with E-state index in [1.165, 1.54) is 31.5 Å². The molecule has 166 valence electrons. The molecular weight excluding hydrogens is 446 g/mol. The van der Waals surface area contributed by atoms with Gasteiger partial charge in [-0.3, -0.25) is 4.79 Å². The van der Waals surface area contributed by atoms with Crippen molar-refractivity contribution in [1.29, 1.82) is 0 Å². The van der Waals surface area contributed by atoms with E-state index in [0.29, 0.717) is 31.6 Å². The van der Waals surface area contributed by atoms with Crippen molar-refractivity contribution in [2.45, 2.75) is 24.6 Å². The Morgan fingerprint density at radius 2 is 1.73 bits per heavy atom. The highest BCUT2D eigenvalue weighted by Gasteiger charge is 2.39. The molecule has 0 aliphatic carbocycles. The molecule has 0 atom stereocenters. The van der Waals surface area contributed by atoms with Crippen molar-refractivity contribution in [3.05, 3.63) is 48.2 Å². The second-order valence-electron chi connectivity index (χ2n) is 6.41. The minimum absolute atomic E-state index is 0. The molecule has 1 saturated heterocycles. The summed E-state index contributed by atoms with van der Waals surface area (Å²) in [6.07, 6.45) is -1.85. The summed E-state index contributed by atoms with van der Waals surface area (Å²) in [6.45, 7) is 1.39. The number of anilines is 1. The van der Waals surface area contributed by atoms with Crippen LogP contribution in [-0.2, 0) is 15.7 Å². The monoisotopic (exact) mass is 467 g/mol. The Hall–Kier alpha value is -2.07. The van der Waals surface area contributed by atoms with Gasteiger partial charge in [0.15, 0.2) is 0 Å². The zero-order valence-electron chi connectivity index (χ0n) is 16.0. The number of benzene rings is 1. The molecule has 0 spiro atoms. The number of ether oxygens (including phenoxy) is 2. The molecule has 1 fully saturated rings. The maximum absolute atomic E-state index is 12.6. The van der Waals surface area contributed by atoms with Crippen LogP contribution in [0, 0.1) is 0 Å². The molecule has 2 N–H and O–H groups in total. The lowest BCUT2D eigenvalue weighted by Crippen LogP contribution is -2.51. The Morgan fingerprint density at radius 3 is 2.23 bits per heavy atom. The molecule has 1 aromatic heterocycles. The van der Waals surface area contributed by atoms with Crippen LogP contribution in [0.5, 0.6) is 11.6 Å². The van der Waals surface area contributed by atoms with Crippen molar-refractivity contribution in [1.82, 2.24) is 10.3 Å². The standard InChI is InChI=1S/C19H20F3N3O3.2ClH/c1-27-18(8-10-23-11-9-18)17(26)25-14-4-7-16(24-12-14)28-15-5-2-13(3-6-15)19(20,21)22;;/h2-7,12,23H,8-11H2,1H3,(H,25,26);2*1H. The Bertz CT molecular complexity index is 813. The van der Waals surface area contributed by atoms with E-state index in [0.717, 1.165) is 12.1 Å². The number of amides is 1. The van der Waals surface area contributed by atoms with Gasteiger partial charge >= 0.3 is 6.18 Å². The van der Waals surface area contributed by atoms with Crippen LogP contribution in [0.1, 0.15) is 18.4 Å². The minimum atomic E-state index is -4.40. The number of hydrogen-bond donors (Lipinski definition) is 2. The lowest BCUT2D eigenvalue weighted by molar-refractivity contribution is -0.140. The number of methoxy groups -OCH3 is 1. The molecule has 2 aromatic rings. The molecule has 1 aliphatic rings. The first-order chi connectivity index (χ1) is 13.3. The first kappa shape index (κ1) is 26.0. The van der Waals surface area contributed by atoms with Crippen molar-refractivity contribution in [2.75, 3.05) is 25.5 Å². The van der Waals surface area contributed by atoms with Crippen LogP contribution in [0.25, 0.3) is 0 Å². The Balaban J connectivity index is 0.00000225. The molecule has 0 saturated carbocycles. The SMILES string of the molecule is COC1(C(=O)Nc2ccc(Oc3ccc(C(F)(F)F)cc3)nc2)CCNCC1.Cl.Cl. The van der Waals surface area contributed by atoms with Crippen molar-refractivity contribution in [3.63, 3.8) is 0 Å². The van der Waals surface area contributed by atoms with Gasteiger partial charge in [0.2, 0.25) is 5.88 Å². The maximum Gasteiger partial charge on any atom is 0.416 e. The summed E-state index contributed by atoms with van der Waals surface area (Å²) in [6, 6.07) is 7.45. The number of carbonyl (C=O) groups excluding carboxylic acids is 1. The number of carbonyl (C=O) groups is 1. The smallest absolute Gasteiger partial charge is 0.416 e. The van der Waals surface area contributed by atoms with E-state index < -0.39 is 17.3 Å². The van der Waals surface area contributed by atoms with E-state index in [1.54, 1.807) is 6.07 Å². The summed E-state index contributed by atoms with van der Waals surface area (Å²) < 4.78 is 48.7. The zero-order chi connectivity index (χ0) is 20.2. The van der Waals surface area contributed by atoms with Crippen molar-refractivity contribution >= 4 is 36.4 Å².